The molecular formula is C20H24N2O4S. The lowest BCUT2D eigenvalue weighted by molar-refractivity contribution is -0.122. The van der Waals surface area contributed by atoms with Gasteiger partial charge >= 0.3 is 0 Å². The summed E-state index contributed by atoms with van der Waals surface area (Å²) in [5, 5.41) is 2.73. The Morgan fingerprint density at radius 1 is 1.15 bits per heavy atom. The number of para-hydroxylation sites is 1. The summed E-state index contributed by atoms with van der Waals surface area (Å²) >= 11 is 0. The van der Waals surface area contributed by atoms with E-state index in [2.05, 4.69) is 16.6 Å². The maximum absolute atomic E-state index is 12.4. The van der Waals surface area contributed by atoms with Gasteiger partial charge in [0.2, 0.25) is 10.0 Å². The van der Waals surface area contributed by atoms with E-state index in [0.717, 1.165) is 11.1 Å². The lowest BCUT2D eigenvalue weighted by Crippen LogP contribution is -2.30. The average molecular weight is 388 g/mol. The third-order valence-electron chi connectivity index (χ3n) is 3.92. The molecule has 7 heteroatoms. The molecule has 2 N–H and O–H groups in total. The lowest BCUT2D eigenvalue weighted by atomic mass is 10.1. The summed E-state index contributed by atoms with van der Waals surface area (Å²) in [5.74, 6) is 0.368. The van der Waals surface area contributed by atoms with E-state index >= 15 is 0 Å². The summed E-state index contributed by atoms with van der Waals surface area (Å²) in [4.78, 5) is 12.5. The summed E-state index contributed by atoms with van der Waals surface area (Å²) in [6.45, 7) is 9.13. The van der Waals surface area contributed by atoms with Gasteiger partial charge in [0.15, 0.2) is 6.10 Å². The molecule has 0 fully saturated rings. The van der Waals surface area contributed by atoms with Gasteiger partial charge in [0.05, 0.1) is 4.90 Å². The van der Waals surface area contributed by atoms with Crippen molar-refractivity contribution in [1.82, 2.24) is 4.72 Å². The number of anilines is 1. The molecule has 1 amide bonds. The van der Waals surface area contributed by atoms with Gasteiger partial charge in [-0.2, -0.15) is 0 Å². The predicted molar refractivity (Wildman–Crippen MR) is 106 cm³/mol. The average Bonchev–Trinajstić information content (AvgIpc) is 2.63. The van der Waals surface area contributed by atoms with Gasteiger partial charge in [0.25, 0.3) is 5.91 Å². The number of carbonyl (C=O) groups is 1. The molecule has 0 aliphatic heterocycles. The fourth-order valence-corrected chi connectivity index (χ4v) is 3.43. The van der Waals surface area contributed by atoms with E-state index in [1.807, 2.05) is 32.0 Å². The van der Waals surface area contributed by atoms with Crippen molar-refractivity contribution >= 4 is 21.6 Å². The van der Waals surface area contributed by atoms with E-state index in [0.29, 0.717) is 11.4 Å². The molecule has 0 aliphatic rings. The van der Waals surface area contributed by atoms with Crippen LogP contribution in [0.3, 0.4) is 0 Å². The topological polar surface area (TPSA) is 84.5 Å². The normalized spacial score (nSPS) is 12.3. The molecule has 0 spiro atoms. The highest BCUT2D eigenvalue weighted by atomic mass is 32.2. The zero-order valence-electron chi connectivity index (χ0n) is 15.7. The number of sulfonamides is 1. The van der Waals surface area contributed by atoms with E-state index in [4.69, 9.17) is 4.74 Å². The van der Waals surface area contributed by atoms with E-state index < -0.39 is 16.1 Å². The molecule has 0 aromatic heterocycles. The Labute approximate surface area is 160 Å². The van der Waals surface area contributed by atoms with Crippen molar-refractivity contribution in [1.29, 1.82) is 0 Å². The number of nitrogens with one attached hydrogen (secondary N) is 2. The SMILES string of the molecule is C=CCNS(=O)(=O)c1ccc(NC(=O)[C@@H](C)Oc2c(C)cccc2C)cc1. The number of ether oxygens (including phenoxy) is 1. The first-order chi connectivity index (χ1) is 12.7. The Bertz CT molecular complexity index is 901. The highest BCUT2D eigenvalue weighted by Crippen LogP contribution is 2.24. The van der Waals surface area contributed by atoms with Crippen LogP contribution in [0.2, 0.25) is 0 Å². The van der Waals surface area contributed by atoms with Crippen LogP contribution in [0.25, 0.3) is 0 Å². The second-order valence-electron chi connectivity index (χ2n) is 6.14. The van der Waals surface area contributed by atoms with E-state index in [9.17, 15) is 13.2 Å². The van der Waals surface area contributed by atoms with Crippen molar-refractivity contribution < 1.29 is 17.9 Å². The van der Waals surface area contributed by atoms with Gasteiger partial charge in [-0.3, -0.25) is 4.79 Å². The van der Waals surface area contributed by atoms with Gasteiger partial charge in [-0.15, -0.1) is 6.58 Å². The zero-order chi connectivity index (χ0) is 20.0. The van der Waals surface area contributed by atoms with Crippen molar-refractivity contribution in [2.45, 2.75) is 31.8 Å². The standard InChI is InChI=1S/C20H24N2O4S/c1-5-13-21-27(24,25)18-11-9-17(10-12-18)22-20(23)16(4)26-19-14(2)7-6-8-15(19)3/h5-12,16,21H,1,13H2,2-4H3,(H,22,23)/t16-/m1/s1. The van der Waals surface area contributed by atoms with Crippen LogP contribution < -0.4 is 14.8 Å². The maximum Gasteiger partial charge on any atom is 0.265 e. The van der Waals surface area contributed by atoms with Crippen LogP contribution in [-0.2, 0) is 14.8 Å². The van der Waals surface area contributed by atoms with Gasteiger partial charge < -0.3 is 10.1 Å². The van der Waals surface area contributed by atoms with Gasteiger partial charge in [0.1, 0.15) is 5.75 Å². The molecule has 1 atom stereocenters. The molecule has 0 aliphatic carbocycles. The van der Waals surface area contributed by atoms with E-state index in [-0.39, 0.29) is 17.3 Å². The van der Waals surface area contributed by atoms with Gasteiger partial charge in [-0.05, 0) is 56.2 Å². The molecule has 0 heterocycles. The Balaban J connectivity index is 2.04. The molecule has 0 saturated carbocycles. The van der Waals surface area contributed by atoms with Crippen molar-refractivity contribution in [2.75, 3.05) is 11.9 Å². The number of aryl methyl sites for hydroxylation is 2. The minimum atomic E-state index is -3.59. The molecule has 6 nitrogen and oxygen atoms in total. The monoisotopic (exact) mass is 388 g/mol. The summed E-state index contributed by atoms with van der Waals surface area (Å²) in [6, 6.07) is 11.7. The van der Waals surface area contributed by atoms with Crippen LogP contribution in [0.15, 0.2) is 60.0 Å². The molecule has 2 rings (SSSR count). The fourth-order valence-electron chi connectivity index (χ4n) is 2.43. The number of carbonyl (C=O) groups excluding carboxylic acids is 1. The minimum absolute atomic E-state index is 0.113. The molecule has 0 radical (unpaired) electrons. The van der Waals surface area contributed by atoms with E-state index in [1.54, 1.807) is 6.92 Å². The minimum Gasteiger partial charge on any atom is -0.480 e. The Morgan fingerprint density at radius 3 is 2.30 bits per heavy atom. The molecule has 2 aromatic carbocycles. The molecule has 0 bridgehead atoms. The Morgan fingerprint density at radius 2 is 1.74 bits per heavy atom. The van der Waals surface area contributed by atoms with Crippen molar-refractivity contribution in [3.05, 3.63) is 66.2 Å². The van der Waals surface area contributed by atoms with Crippen molar-refractivity contribution in [2.24, 2.45) is 0 Å². The van der Waals surface area contributed by atoms with Gasteiger partial charge in [-0.1, -0.05) is 24.3 Å². The first-order valence-electron chi connectivity index (χ1n) is 8.49. The lowest BCUT2D eigenvalue weighted by Gasteiger charge is -2.18. The number of rotatable bonds is 8. The Hall–Kier alpha value is -2.64. The molecule has 144 valence electrons. The summed E-state index contributed by atoms with van der Waals surface area (Å²) in [5.41, 5.74) is 2.40. The molecule has 27 heavy (non-hydrogen) atoms. The third kappa shape index (κ3) is 5.42. The van der Waals surface area contributed by atoms with Crippen molar-refractivity contribution in [3.8, 4) is 5.75 Å². The van der Waals surface area contributed by atoms with Crippen LogP contribution in [0.4, 0.5) is 5.69 Å². The van der Waals surface area contributed by atoms with Crippen LogP contribution in [-0.4, -0.2) is 27.0 Å². The van der Waals surface area contributed by atoms with E-state index in [1.165, 1.54) is 30.3 Å². The second kappa shape index (κ2) is 8.83. The fraction of sp³-hybridized carbons (Fsp3) is 0.250. The smallest absolute Gasteiger partial charge is 0.265 e. The third-order valence-corrected chi connectivity index (χ3v) is 5.36. The molecule has 2 aromatic rings. The second-order valence-corrected chi connectivity index (χ2v) is 7.90. The van der Waals surface area contributed by atoms with Crippen LogP contribution in [0, 0.1) is 13.8 Å². The Kier molecular flexibility index (Phi) is 6.76. The predicted octanol–water partition coefficient (Wildman–Crippen LogP) is 3.17. The largest absolute Gasteiger partial charge is 0.480 e. The van der Waals surface area contributed by atoms with Crippen LogP contribution >= 0.6 is 0 Å². The molecule has 0 saturated heterocycles. The molecular weight excluding hydrogens is 364 g/mol. The first-order valence-corrected chi connectivity index (χ1v) is 9.97. The number of hydrogen-bond donors (Lipinski definition) is 2. The number of hydrogen-bond acceptors (Lipinski definition) is 4. The summed E-state index contributed by atoms with van der Waals surface area (Å²) in [7, 11) is -3.59. The maximum atomic E-state index is 12.4. The highest BCUT2D eigenvalue weighted by Gasteiger charge is 2.18. The summed E-state index contributed by atoms with van der Waals surface area (Å²) in [6.07, 6.45) is 0.756. The van der Waals surface area contributed by atoms with Crippen LogP contribution in [0.1, 0.15) is 18.1 Å². The quantitative estimate of drug-likeness (QED) is 0.680. The van der Waals surface area contributed by atoms with Gasteiger partial charge in [0, 0.05) is 12.2 Å². The van der Waals surface area contributed by atoms with Crippen LogP contribution in [0.5, 0.6) is 5.75 Å². The highest BCUT2D eigenvalue weighted by molar-refractivity contribution is 7.89. The first kappa shape index (κ1) is 20.7. The zero-order valence-corrected chi connectivity index (χ0v) is 16.5. The summed E-state index contributed by atoms with van der Waals surface area (Å²) < 4.78 is 32.3. The van der Waals surface area contributed by atoms with Crippen molar-refractivity contribution in [3.63, 3.8) is 0 Å². The number of benzene rings is 2. The number of amides is 1. The van der Waals surface area contributed by atoms with Gasteiger partial charge in [-0.25, -0.2) is 13.1 Å². The molecule has 0 unspecified atom stereocenters.